The van der Waals surface area contributed by atoms with Crippen molar-refractivity contribution in [2.24, 2.45) is 0 Å². The SMILES string of the molecule is C[C@@H](OC(=O)[C@@H]1CS[C@@]2(C)CCC(=O)N12)C(=O)NC(=O)NCc1ccccc1. The fourth-order valence-corrected chi connectivity index (χ4v) is 4.75. The second-order valence-electron chi connectivity index (χ2n) is 7.00. The van der Waals surface area contributed by atoms with Crippen molar-refractivity contribution in [3.05, 3.63) is 35.9 Å². The van der Waals surface area contributed by atoms with Crippen molar-refractivity contribution in [2.75, 3.05) is 5.75 Å². The quantitative estimate of drug-likeness (QED) is 0.718. The highest BCUT2D eigenvalue weighted by molar-refractivity contribution is 8.01. The Morgan fingerprint density at radius 1 is 1.32 bits per heavy atom. The minimum atomic E-state index is -1.15. The van der Waals surface area contributed by atoms with Gasteiger partial charge in [-0.25, -0.2) is 9.59 Å². The average molecular weight is 405 g/mol. The monoisotopic (exact) mass is 405 g/mol. The van der Waals surface area contributed by atoms with E-state index in [9.17, 15) is 19.2 Å². The molecule has 2 heterocycles. The van der Waals surface area contributed by atoms with Crippen molar-refractivity contribution in [3.63, 3.8) is 0 Å². The zero-order valence-electron chi connectivity index (χ0n) is 15.8. The Labute approximate surface area is 167 Å². The Balaban J connectivity index is 1.48. The van der Waals surface area contributed by atoms with Gasteiger partial charge in [-0.1, -0.05) is 30.3 Å². The minimum Gasteiger partial charge on any atom is -0.451 e. The van der Waals surface area contributed by atoms with Crippen LogP contribution >= 0.6 is 11.8 Å². The number of esters is 1. The first-order chi connectivity index (χ1) is 13.3. The van der Waals surface area contributed by atoms with E-state index in [1.807, 2.05) is 37.3 Å². The number of carbonyl (C=O) groups is 4. The number of thioether (sulfide) groups is 1. The lowest BCUT2D eigenvalue weighted by Gasteiger charge is -2.29. The molecule has 2 fully saturated rings. The highest BCUT2D eigenvalue weighted by Gasteiger charge is 2.53. The summed E-state index contributed by atoms with van der Waals surface area (Å²) in [6, 6.07) is 7.88. The summed E-state index contributed by atoms with van der Waals surface area (Å²) in [7, 11) is 0. The summed E-state index contributed by atoms with van der Waals surface area (Å²) >= 11 is 1.55. The van der Waals surface area contributed by atoms with Gasteiger partial charge in [0.1, 0.15) is 6.04 Å². The number of ether oxygens (including phenoxy) is 1. The predicted octanol–water partition coefficient (Wildman–Crippen LogP) is 1.40. The Morgan fingerprint density at radius 2 is 2.04 bits per heavy atom. The van der Waals surface area contributed by atoms with Gasteiger partial charge < -0.3 is 15.0 Å². The minimum absolute atomic E-state index is 0.0770. The summed E-state index contributed by atoms with van der Waals surface area (Å²) in [6.45, 7) is 3.59. The Hall–Kier alpha value is -2.55. The van der Waals surface area contributed by atoms with E-state index in [0.29, 0.717) is 18.6 Å². The Morgan fingerprint density at radius 3 is 2.75 bits per heavy atom. The lowest BCUT2D eigenvalue weighted by molar-refractivity contribution is -0.161. The van der Waals surface area contributed by atoms with Crippen molar-refractivity contribution >= 4 is 35.6 Å². The molecule has 0 aliphatic carbocycles. The molecule has 0 radical (unpaired) electrons. The summed E-state index contributed by atoms with van der Waals surface area (Å²) in [5, 5.41) is 4.72. The topological polar surface area (TPSA) is 105 Å². The third-order valence-corrected chi connectivity index (χ3v) is 6.42. The Kier molecular flexibility index (Phi) is 5.93. The van der Waals surface area contributed by atoms with E-state index < -0.39 is 30.1 Å². The molecule has 2 aliphatic rings. The summed E-state index contributed by atoms with van der Waals surface area (Å²) < 4.78 is 5.22. The van der Waals surface area contributed by atoms with Crippen molar-refractivity contribution < 1.29 is 23.9 Å². The van der Waals surface area contributed by atoms with Gasteiger partial charge in [-0.3, -0.25) is 14.9 Å². The van der Waals surface area contributed by atoms with Gasteiger partial charge >= 0.3 is 12.0 Å². The number of fused-ring (bicyclic) bond motifs is 1. The zero-order chi connectivity index (χ0) is 20.3. The van der Waals surface area contributed by atoms with Crippen LogP contribution in [0.3, 0.4) is 0 Å². The van der Waals surface area contributed by atoms with Crippen LogP contribution in [0.5, 0.6) is 0 Å². The van der Waals surface area contributed by atoms with Crippen LogP contribution in [-0.4, -0.2) is 51.5 Å². The molecular weight excluding hydrogens is 382 g/mol. The highest BCUT2D eigenvalue weighted by atomic mass is 32.2. The molecule has 9 heteroatoms. The van der Waals surface area contributed by atoms with Crippen LogP contribution < -0.4 is 10.6 Å². The molecule has 3 atom stereocenters. The van der Waals surface area contributed by atoms with Crippen molar-refractivity contribution in [2.45, 2.75) is 50.3 Å². The van der Waals surface area contributed by atoms with Gasteiger partial charge in [0.25, 0.3) is 5.91 Å². The number of amides is 4. The molecule has 0 spiro atoms. The van der Waals surface area contributed by atoms with Crippen LogP contribution in [0.2, 0.25) is 0 Å². The van der Waals surface area contributed by atoms with Crippen molar-refractivity contribution in [1.82, 2.24) is 15.5 Å². The van der Waals surface area contributed by atoms with Crippen LogP contribution in [0.25, 0.3) is 0 Å². The zero-order valence-corrected chi connectivity index (χ0v) is 16.6. The maximum Gasteiger partial charge on any atom is 0.330 e. The van der Waals surface area contributed by atoms with Crippen LogP contribution in [0, 0.1) is 0 Å². The number of rotatable bonds is 5. The fourth-order valence-electron chi connectivity index (χ4n) is 3.34. The van der Waals surface area contributed by atoms with Gasteiger partial charge in [0.15, 0.2) is 6.10 Å². The van der Waals surface area contributed by atoms with E-state index in [1.54, 1.807) is 16.7 Å². The van der Waals surface area contributed by atoms with Gasteiger partial charge in [0, 0.05) is 18.7 Å². The molecule has 2 aliphatic heterocycles. The van der Waals surface area contributed by atoms with E-state index in [4.69, 9.17) is 4.74 Å². The van der Waals surface area contributed by atoms with Crippen LogP contribution in [0.4, 0.5) is 4.79 Å². The van der Waals surface area contributed by atoms with E-state index >= 15 is 0 Å². The number of urea groups is 1. The first-order valence-corrected chi connectivity index (χ1v) is 10.1. The standard InChI is InChI=1S/C19H23N3O5S/c1-12(16(24)21-18(26)20-10-13-6-4-3-5-7-13)27-17(25)14-11-28-19(2)9-8-15(23)22(14)19/h3-7,12,14H,8-11H2,1-2H3,(H2,20,21,24,26)/t12-,14+,19+/m1/s1. The highest BCUT2D eigenvalue weighted by Crippen LogP contribution is 2.47. The Bertz CT molecular complexity index is 787. The summed E-state index contributed by atoms with van der Waals surface area (Å²) in [5.74, 6) is -0.988. The molecule has 150 valence electrons. The number of benzene rings is 1. The summed E-state index contributed by atoms with van der Waals surface area (Å²) in [5.41, 5.74) is 0.890. The van der Waals surface area contributed by atoms with Gasteiger partial charge in [-0.2, -0.15) is 0 Å². The average Bonchev–Trinajstić information content (AvgIpc) is 3.16. The normalized spacial score (nSPS) is 24.4. The third kappa shape index (κ3) is 4.30. The molecule has 2 N–H and O–H groups in total. The molecular formula is C19H23N3O5S. The number of hydrogen-bond donors (Lipinski definition) is 2. The molecule has 0 bridgehead atoms. The van der Waals surface area contributed by atoms with Crippen LogP contribution in [0.1, 0.15) is 32.3 Å². The molecule has 8 nitrogen and oxygen atoms in total. The van der Waals surface area contributed by atoms with Crippen LogP contribution in [0.15, 0.2) is 30.3 Å². The molecule has 4 amide bonds. The number of hydrogen-bond acceptors (Lipinski definition) is 6. The second kappa shape index (κ2) is 8.22. The van der Waals surface area contributed by atoms with Gasteiger partial charge in [-0.05, 0) is 25.8 Å². The molecule has 28 heavy (non-hydrogen) atoms. The first kappa shape index (κ1) is 20.2. The maximum atomic E-state index is 12.5. The van der Waals surface area contributed by atoms with Gasteiger partial charge in [0.2, 0.25) is 5.91 Å². The predicted molar refractivity (Wildman–Crippen MR) is 103 cm³/mol. The smallest absolute Gasteiger partial charge is 0.330 e. The number of nitrogens with zero attached hydrogens (tertiary/aromatic N) is 1. The van der Waals surface area contributed by atoms with Gasteiger partial charge in [-0.15, -0.1) is 11.8 Å². The lowest BCUT2D eigenvalue weighted by atomic mass is 10.2. The van der Waals surface area contributed by atoms with Crippen LogP contribution in [-0.2, 0) is 25.7 Å². The number of carbonyl (C=O) groups excluding carboxylic acids is 4. The fraction of sp³-hybridized carbons (Fsp3) is 0.474. The van der Waals surface area contributed by atoms with Crippen molar-refractivity contribution in [1.29, 1.82) is 0 Å². The molecule has 0 unspecified atom stereocenters. The molecule has 0 saturated carbocycles. The largest absolute Gasteiger partial charge is 0.451 e. The third-order valence-electron chi connectivity index (χ3n) is 4.91. The molecule has 0 aromatic heterocycles. The van der Waals surface area contributed by atoms with E-state index in [-0.39, 0.29) is 17.3 Å². The molecule has 1 aromatic carbocycles. The second-order valence-corrected chi connectivity index (χ2v) is 8.50. The first-order valence-electron chi connectivity index (χ1n) is 9.09. The maximum absolute atomic E-state index is 12.5. The molecule has 1 aromatic rings. The number of nitrogens with one attached hydrogen (secondary N) is 2. The summed E-state index contributed by atoms with van der Waals surface area (Å²) in [6.07, 6.45) is -0.0486. The van der Waals surface area contributed by atoms with E-state index in [2.05, 4.69) is 10.6 Å². The molecule has 2 saturated heterocycles. The lowest BCUT2D eigenvalue weighted by Crippen LogP contribution is -2.49. The summed E-state index contributed by atoms with van der Waals surface area (Å²) in [4.78, 5) is 49.8. The van der Waals surface area contributed by atoms with Gasteiger partial charge in [0.05, 0.1) is 4.87 Å². The molecule has 3 rings (SSSR count). The van der Waals surface area contributed by atoms with E-state index in [0.717, 1.165) is 5.56 Å². The number of imide groups is 1. The van der Waals surface area contributed by atoms with E-state index in [1.165, 1.54) is 6.92 Å². The van der Waals surface area contributed by atoms with Crippen molar-refractivity contribution in [3.8, 4) is 0 Å².